The van der Waals surface area contributed by atoms with Crippen LogP contribution in [0.4, 0.5) is 4.39 Å². The second kappa shape index (κ2) is 8.83. The number of nitrogens with one attached hydrogen (secondary N) is 2. The van der Waals surface area contributed by atoms with Crippen LogP contribution in [0.25, 0.3) is 0 Å². The lowest BCUT2D eigenvalue weighted by Gasteiger charge is -2.34. The van der Waals surface area contributed by atoms with Crippen molar-refractivity contribution < 1.29 is 18.7 Å². The number of hydrogen-bond donors (Lipinski definition) is 2. The van der Waals surface area contributed by atoms with E-state index >= 15 is 0 Å². The molecule has 2 aliphatic rings. The van der Waals surface area contributed by atoms with Crippen molar-refractivity contribution in [3.05, 3.63) is 70.7 Å². The number of thiocarbonyl (C=S) groups is 1. The summed E-state index contributed by atoms with van der Waals surface area (Å²) in [5.74, 6) is 1.04. The van der Waals surface area contributed by atoms with Gasteiger partial charge in [0.2, 0.25) is 0 Å². The molecule has 0 radical (unpaired) electrons. The summed E-state index contributed by atoms with van der Waals surface area (Å²) in [6.07, 6.45) is 2.19. The molecule has 1 unspecified atom stereocenters. The topological polar surface area (TPSA) is 59.6 Å². The van der Waals surface area contributed by atoms with Gasteiger partial charge in [-0.05, 0) is 67.4 Å². The third kappa shape index (κ3) is 4.31. The third-order valence-electron chi connectivity index (χ3n) is 5.19. The molecule has 2 N–H and O–H groups in total. The standard InChI is InChI=1S/C23H23FN2O3S/c1-2-28-20-12-15(8-11-19(20)29-13-14-6-9-16(24)10-7-14)22-21-17(25-23(30)26-22)4-3-5-18(21)27/h6-12,22H,2-5,13H2,1H3,(H2,25,26,30). The second-order valence-electron chi connectivity index (χ2n) is 7.25. The number of hydrogen-bond acceptors (Lipinski definition) is 4. The van der Waals surface area contributed by atoms with Crippen LogP contribution in [0.15, 0.2) is 53.7 Å². The van der Waals surface area contributed by atoms with Crippen LogP contribution >= 0.6 is 12.2 Å². The summed E-state index contributed by atoms with van der Waals surface area (Å²) >= 11 is 5.35. The van der Waals surface area contributed by atoms with E-state index in [1.165, 1.54) is 12.1 Å². The van der Waals surface area contributed by atoms with E-state index in [1.54, 1.807) is 12.1 Å². The Bertz CT molecular complexity index is 1000. The van der Waals surface area contributed by atoms with Gasteiger partial charge in [-0.25, -0.2) is 4.39 Å². The maximum absolute atomic E-state index is 13.1. The summed E-state index contributed by atoms with van der Waals surface area (Å²) < 4.78 is 24.8. The zero-order chi connectivity index (χ0) is 21.1. The van der Waals surface area contributed by atoms with E-state index in [2.05, 4.69) is 10.6 Å². The van der Waals surface area contributed by atoms with Gasteiger partial charge in [0.25, 0.3) is 0 Å². The Labute approximate surface area is 180 Å². The number of allylic oxidation sites excluding steroid dienone is 1. The molecule has 156 valence electrons. The summed E-state index contributed by atoms with van der Waals surface area (Å²) in [5.41, 5.74) is 3.40. The minimum absolute atomic E-state index is 0.137. The van der Waals surface area contributed by atoms with Crippen molar-refractivity contribution in [1.29, 1.82) is 0 Å². The second-order valence-corrected chi connectivity index (χ2v) is 7.66. The molecule has 5 nitrogen and oxygen atoms in total. The molecule has 0 amide bonds. The molecule has 30 heavy (non-hydrogen) atoms. The molecule has 0 saturated heterocycles. The van der Waals surface area contributed by atoms with E-state index in [0.29, 0.717) is 36.2 Å². The van der Waals surface area contributed by atoms with Crippen molar-refractivity contribution in [3.8, 4) is 11.5 Å². The molecule has 2 aromatic rings. The lowest BCUT2D eigenvalue weighted by Crippen LogP contribution is -2.46. The van der Waals surface area contributed by atoms with Gasteiger partial charge in [-0.15, -0.1) is 0 Å². The Kier molecular flexibility index (Phi) is 5.99. The van der Waals surface area contributed by atoms with Crippen molar-refractivity contribution in [3.63, 3.8) is 0 Å². The number of carbonyl (C=O) groups excluding carboxylic acids is 1. The quantitative estimate of drug-likeness (QED) is 0.671. The van der Waals surface area contributed by atoms with Crippen molar-refractivity contribution >= 4 is 23.1 Å². The molecule has 0 bridgehead atoms. The highest BCUT2D eigenvalue weighted by atomic mass is 32.1. The van der Waals surface area contributed by atoms with E-state index in [-0.39, 0.29) is 17.6 Å². The molecular weight excluding hydrogens is 403 g/mol. The summed E-state index contributed by atoms with van der Waals surface area (Å²) in [6.45, 7) is 2.67. The number of benzene rings is 2. The highest BCUT2D eigenvalue weighted by Gasteiger charge is 2.33. The summed E-state index contributed by atoms with van der Waals surface area (Å²) in [5, 5.41) is 6.88. The Morgan fingerprint density at radius 3 is 2.67 bits per heavy atom. The van der Waals surface area contributed by atoms with Crippen LogP contribution in [0.1, 0.15) is 43.4 Å². The Morgan fingerprint density at radius 1 is 1.10 bits per heavy atom. The predicted octanol–water partition coefficient (Wildman–Crippen LogP) is 4.33. The molecular formula is C23H23FN2O3S. The van der Waals surface area contributed by atoms with E-state index in [1.807, 2.05) is 25.1 Å². The minimum Gasteiger partial charge on any atom is -0.490 e. The first-order valence-corrected chi connectivity index (χ1v) is 10.4. The lowest BCUT2D eigenvalue weighted by atomic mass is 9.85. The normalized spacial score (nSPS) is 18.4. The van der Waals surface area contributed by atoms with Gasteiger partial charge in [-0.3, -0.25) is 4.79 Å². The number of carbonyl (C=O) groups is 1. The van der Waals surface area contributed by atoms with Gasteiger partial charge in [0, 0.05) is 17.7 Å². The molecule has 1 heterocycles. The molecule has 4 rings (SSSR count). The zero-order valence-electron chi connectivity index (χ0n) is 16.7. The van der Waals surface area contributed by atoms with Crippen LogP contribution in [0, 0.1) is 5.82 Å². The number of halogens is 1. The van der Waals surface area contributed by atoms with Gasteiger partial charge in [-0.2, -0.15) is 0 Å². The van der Waals surface area contributed by atoms with Crippen molar-refractivity contribution in [1.82, 2.24) is 10.6 Å². The maximum atomic E-state index is 13.1. The van der Waals surface area contributed by atoms with Crippen molar-refractivity contribution in [2.75, 3.05) is 6.61 Å². The van der Waals surface area contributed by atoms with Crippen LogP contribution in [0.3, 0.4) is 0 Å². The van der Waals surface area contributed by atoms with Crippen molar-refractivity contribution in [2.24, 2.45) is 0 Å². The number of ketones is 1. The van der Waals surface area contributed by atoms with Crippen LogP contribution in [0.2, 0.25) is 0 Å². The predicted molar refractivity (Wildman–Crippen MR) is 116 cm³/mol. The first-order valence-electron chi connectivity index (χ1n) is 10.0. The summed E-state index contributed by atoms with van der Waals surface area (Å²) in [6, 6.07) is 11.5. The average molecular weight is 427 g/mol. The van der Waals surface area contributed by atoms with E-state index < -0.39 is 0 Å². The van der Waals surface area contributed by atoms with Crippen molar-refractivity contribution in [2.45, 2.75) is 38.8 Å². The molecule has 1 aliphatic carbocycles. The van der Waals surface area contributed by atoms with Crippen LogP contribution < -0.4 is 20.1 Å². The van der Waals surface area contributed by atoms with Gasteiger partial charge in [0.1, 0.15) is 12.4 Å². The Balaban J connectivity index is 1.61. The van der Waals surface area contributed by atoms with Crippen LogP contribution in [-0.4, -0.2) is 17.5 Å². The van der Waals surface area contributed by atoms with Gasteiger partial charge in [-0.1, -0.05) is 18.2 Å². The van der Waals surface area contributed by atoms with Gasteiger partial charge < -0.3 is 20.1 Å². The molecule has 2 aromatic carbocycles. The van der Waals surface area contributed by atoms with Crippen LogP contribution in [0.5, 0.6) is 11.5 Å². The lowest BCUT2D eigenvalue weighted by molar-refractivity contribution is -0.116. The van der Waals surface area contributed by atoms with E-state index in [4.69, 9.17) is 21.7 Å². The molecule has 1 atom stereocenters. The minimum atomic E-state index is -0.313. The molecule has 0 saturated carbocycles. The fourth-order valence-electron chi connectivity index (χ4n) is 3.79. The van der Waals surface area contributed by atoms with E-state index in [0.717, 1.165) is 35.2 Å². The van der Waals surface area contributed by atoms with Gasteiger partial charge in [0.05, 0.1) is 12.6 Å². The first kappa shape index (κ1) is 20.3. The third-order valence-corrected chi connectivity index (χ3v) is 5.41. The van der Waals surface area contributed by atoms with E-state index in [9.17, 15) is 9.18 Å². The smallest absolute Gasteiger partial charge is 0.171 e. The Hall–Kier alpha value is -2.93. The average Bonchev–Trinajstić information content (AvgIpc) is 2.73. The molecule has 0 fully saturated rings. The number of Topliss-reactive ketones (excluding diaryl/α,β-unsaturated/α-hetero) is 1. The molecule has 1 aliphatic heterocycles. The molecule has 7 heteroatoms. The highest BCUT2D eigenvalue weighted by molar-refractivity contribution is 7.80. The largest absolute Gasteiger partial charge is 0.490 e. The summed E-state index contributed by atoms with van der Waals surface area (Å²) in [4.78, 5) is 12.6. The van der Waals surface area contributed by atoms with Gasteiger partial charge in [0.15, 0.2) is 22.4 Å². The SMILES string of the molecule is CCOc1cc(C2NC(=S)NC3=C2C(=O)CCC3)ccc1OCc1ccc(F)cc1. The first-order chi connectivity index (χ1) is 14.5. The van der Waals surface area contributed by atoms with Gasteiger partial charge >= 0.3 is 0 Å². The fourth-order valence-corrected chi connectivity index (χ4v) is 4.03. The number of rotatable bonds is 6. The maximum Gasteiger partial charge on any atom is 0.171 e. The molecule has 0 spiro atoms. The Morgan fingerprint density at radius 2 is 1.90 bits per heavy atom. The number of ether oxygens (including phenoxy) is 2. The summed E-state index contributed by atoms with van der Waals surface area (Å²) in [7, 11) is 0. The fraction of sp³-hybridized carbons (Fsp3) is 0.304. The zero-order valence-corrected chi connectivity index (χ0v) is 17.5. The monoisotopic (exact) mass is 426 g/mol. The highest BCUT2D eigenvalue weighted by Crippen LogP contribution is 2.37. The van der Waals surface area contributed by atoms with Crippen LogP contribution in [-0.2, 0) is 11.4 Å². The molecule has 0 aromatic heterocycles.